The molecule has 0 bridgehead atoms. The Morgan fingerprint density at radius 2 is 1.33 bits per heavy atom. The van der Waals surface area contributed by atoms with Crippen molar-refractivity contribution in [2.24, 2.45) is 17.2 Å². The number of hydrogen-bond acceptors (Lipinski definition) is 4. The highest BCUT2D eigenvalue weighted by molar-refractivity contribution is 4.67. The Morgan fingerprint density at radius 1 is 0.733 bits per heavy atom. The molecule has 4 nitrogen and oxygen atoms in total. The van der Waals surface area contributed by atoms with Crippen molar-refractivity contribution in [2.75, 3.05) is 26.2 Å². The second-order valence-electron chi connectivity index (χ2n) is 4.01. The molecule has 0 saturated heterocycles. The van der Waals surface area contributed by atoms with E-state index in [0.717, 1.165) is 45.4 Å². The van der Waals surface area contributed by atoms with Crippen LogP contribution < -0.4 is 22.5 Å². The van der Waals surface area contributed by atoms with Gasteiger partial charge in [-0.3, -0.25) is 0 Å². The van der Waals surface area contributed by atoms with Crippen molar-refractivity contribution in [3.8, 4) is 0 Å². The molecule has 7 N–H and O–H groups in total. The number of hydrogen-bond donors (Lipinski definition) is 4. The first-order chi connectivity index (χ1) is 7.35. The summed E-state index contributed by atoms with van der Waals surface area (Å²) in [6.45, 7) is 3.37. The van der Waals surface area contributed by atoms with Crippen molar-refractivity contribution in [3.05, 3.63) is 0 Å². The van der Waals surface area contributed by atoms with E-state index in [1.807, 2.05) is 0 Å². The summed E-state index contributed by atoms with van der Waals surface area (Å²) in [4.78, 5) is 0. The Kier molecular flexibility index (Phi) is 11.8. The molecule has 0 saturated carbocycles. The largest absolute Gasteiger partial charge is 0.330 e. The minimum Gasteiger partial charge on any atom is -0.330 e. The van der Waals surface area contributed by atoms with Crippen molar-refractivity contribution in [3.63, 3.8) is 0 Å². The van der Waals surface area contributed by atoms with Crippen molar-refractivity contribution < 1.29 is 0 Å². The van der Waals surface area contributed by atoms with Gasteiger partial charge >= 0.3 is 0 Å². The molecule has 0 aliphatic heterocycles. The topological polar surface area (TPSA) is 90.1 Å². The van der Waals surface area contributed by atoms with Gasteiger partial charge in [-0.15, -0.1) is 0 Å². The van der Waals surface area contributed by atoms with Crippen LogP contribution in [0.5, 0.6) is 0 Å². The second kappa shape index (κ2) is 11.9. The highest BCUT2D eigenvalue weighted by Gasteiger charge is 2.06. The Balaban J connectivity index is 3.53. The third kappa shape index (κ3) is 10.1. The smallest absolute Gasteiger partial charge is 0.00675 e. The summed E-state index contributed by atoms with van der Waals surface area (Å²) in [5, 5.41) is 3.54. The van der Waals surface area contributed by atoms with E-state index in [4.69, 9.17) is 17.2 Å². The van der Waals surface area contributed by atoms with Crippen LogP contribution in [0, 0.1) is 0 Å². The summed E-state index contributed by atoms with van der Waals surface area (Å²) >= 11 is 0. The average molecular weight is 216 g/mol. The molecule has 0 aromatic heterocycles. The lowest BCUT2D eigenvalue weighted by Gasteiger charge is -2.18. The number of nitrogens with one attached hydrogen (secondary N) is 1. The maximum absolute atomic E-state index is 5.52. The zero-order valence-corrected chi connectivity index (χ0v) is 9.88. The minimum atomic E-state index is 0.603. The van der Waals surface area contributed by atoms with Gasteiger partial charge < -0.3 is 22.5 Å². The molecule has 0 aliphatic rings. The van der Waals surface area contributed by atoms with E-state index in [0.29, 0.717) is 6.04 Å². The Morgan fingerprint density at radius 3 is 1.93 bits per heavy atom. The summed E-state index contributed by atoms with van der Waals surface area (Å²) < 4.78 is 0. The summed E-state index contributed by atoms with van der Waals surface area (Å²) in [5.41, 5.74) is 16.5. The predicted octanol–water partition coefficient (Wildman–Crippen LogP) is 0.161. The highest BCUT2D eigenvalue weighted by atomic mass is 14.9. The van der Waals surface area contributed by atoms with Crippen molar-refractivity contribution >= 4 is 0 Å². The third-order valence-electron chi connectivity index (χ3n) is 2.58. The van der Waals surface area contributed by atoms with Crippen LogP contribution in [0.15, 0.2) is 0 Å². The van der Waals surface area contributed by atoms with Crippen molar-refractivity contribution in [1.82, 2.24) is 5.32 Å². The predicted molar refractivity (Wildman–Crippen MR) is 66.7 cm³/mol. The molecule has 0 aromatic rings. The summed E-state index contributed by atoms with van der Waals surface area (Å²) in [5.74, 6) is 0. The van der Waals surface area contributed by atoms with Crippen LogP contribution >= 0.6 is 0 Å². The average Bonchev–Trinajstić information content (AvgIpc) is 2.25. The molecule has 15 heavy (non-hydrogen) atoms. The zero-order valence-electron chi connectivity index (χ0n) is 9.88. The fourth-order valence-corrected chi connectivity index (χ4v) is 1.66. The molecule has 0 amide bonds. The molecule has 92 valence electrons. The Bertz CT molecular complexity index is 109. The van der Waals surface area contributed by atoms with Gasteiger partial charge in [0.1, 0.15) is 0 Å². The van der Waals surface area contributed by atoms with E-state index < -0.39 is 0 Å². The molecule has 0 spiro atoms. The first-order valence-corrected chi connectivity index (χ1v) is 6.18. The molecule has 1 atom stereocenters. The lowest BCUT2D eigenvalue weighted by atomic mass is 10.0. The maximum Gasteiger partial charge on any atom is 0.00675 e. The fraction of sp³-hybridized carbons (Fsp3) is 1.00. The first kappa shape index (κ1) is 14.8. The second-order valence-corrected chi connectivity index (χ2v) is 4.01. The molecular weight excluding hydrogens is 188 g/mol. The first-order valence-electron chi connectivity index (χ1n) is 6.18. The fourth-order valence-electron chi connectivity index (χ4n) is 1.66. The van der Waals surface area contributed by atoms with Gasteiger partial charge in [0.25, 0.3) is 0 Å². The van der Waals surface area contributed by atoms with Crippen molar-refractivity contribution in [1.29, 1.82) is 0 Å². The molecule has 0 radical (unpaired) electrons. The van der Waals surface area contributed by atoms with Crippen LogP contribution in [0.3, 0.4) is 0 Å². The monoisotopic (exact) mass is 216 g/mol. The SMILES string of the molecule is NCCCCC(CCCN)NCCCN. The van der Waals surface area contributed by atoms with E-state index >= 15 is 0 Å². The van der Waals surface area contributed by atoms with Gasteiger partial charge in [0, 0.05) is 6.04 Å². The summed E-state index contributed by atoms with van der Waals surface area (Å²) in [6.07, 6.45) is 6.87. The Labute approximate surface area is 94.0 Å². The Hall–Kier alpha value is -0.160. The molecule has 1 unspecified atom stereocenters. The minimum absolute atomic E-state index is 0.603. The van der Waals surface area contributed by atoms with E-state index in [-0.39, 0.29) is 0 Å². The quantitative estimate of drug-likeness (QED) is 0.370. The standard InChI is InChI=1S/C11H28N4/c12-7-2-1-5-11(6-3-8-13)15-10-4-9-14/h11,15H,1-10,12-14H2. The van der Waals surface area contributed by atoms with Crippen LogP contribution in [0.2, 0.25) is 0 Å². The number of rotatable bonds is 11. The van der Waals surface area contributed by atoms with Gasteiger partial charge in [-0.1, -0.05) is 6.42 Å². The molecule has 0 heterocycles. The van der Waals surface area contributed by atoms with Gasteiger partial charge in [-0.05, 0) is 58.3 Å². The molecule has 4 heteroatoms. The maximum atomic E-state index is 5.52. The van der Waals surface area contributed by atoms with Crippen LogP contribution in [-0.4, -0.2) is 32.2 Å². The van der Waals surface area contributed by atoms with Gasteiger partial charge in [0.2, 0.25) is 0 Å². The summed E-state index contributed by atoms with van der Waals surface area (Å²) in [6, 6.07) is 0.603. The van der Waals surface area contributed by atoms with Gasteiger partial charge in [-0.2, -0.15) is 0 Å². The normalized spacial score (nSPS) is 13.0. The number of unbranched alkanes of at least 4 members (excludes halogenated alkanes) is 1. The van der Waals surface area contributed by atoms with Crippen LogP contribution in [0.4, 0.5) is 0 Å². The van der Waals surface area contributed by atoms with Crippen LogP contribution in [0.25, 0.3) is 0 Å². The van der Waals surface area contributed by atoms with E-state index in [1.54, 1.807) is 0 Å². The zero-order chi connectivity index (χ0) is 11.4. The molecular formula is C11H28N4. The molecule has 0 fully saturated rings. The van der Waals surface area contributed by atoms with E-state index in [2.05, 4.69) is 5.32 Å². The van der Waals surface area contributed by atoms with Crippen LogP contribution in [0.1, 0.15) is 38.5 Å². The lowest BCUT2D eigenvalue weighted by molar-refractivity contribution is 0.427. The van der Waals surface area contributed by atoms with Gasteiger partial charge in [0.15, 0.2) is 0 Å². The summed E-state index contributed by atoms with van der Waals surface area (Å²) in [7, 11) is 0. The molecule has 0 rings (SSSR count). The van der Waals surface area contributed by atoms with Gasteiger partial charge in [0.05, 0.1) is 0 Å². The van der Waals surface area contributed by atoms with E-state index in [1.165, 1.54) is 19.3 Å². The molecule has 0 aromatic carbocycles. The van der Waals surface area contributed by atoms with Gasteiger partial charge in [-0.25, -0.2) is 0 Å². The highest BCUT2D eigenvalue weighted by Crippen LogP contribution is 2.06. The van der Waals surface area contributed by atoms with E-state index in [9.17, 15) is 0 Å². The lowest BCUT2D eigenvalue weighted by Crippen LogP contribution is -2.31. The van der Waals surface area contributed by atoms with Crippen molar-refractivity contribution in [2.45, 2.75) is 44.6 Å². The molecule has 0 aliphatic carbocycles. The van der Waals surface area contributed by atoms with Crippen LogP contribution in [-0.2, 0) is 0 Å². The third-order valence-corrected chi connectivity index (χ3v) is 2.58. The number of nitrogens with two attached hydrogens (primary N) is 3.